The summed E-state index contributed by atoms with van der Waals surface area (Å²) >= 11 is 0. The summed E-state index contributed by atoms with van der Waals surface area (Å²) in [7, 11) is 0. The molecule has 0 bridgehead atoms. The van der Waals surface area contributed by atoms with Gasteiger partial charge in [0.15, 0.2) is 0 Å². The minimum absolute atomic E-state index is 0.0105. The predicted molar refractivity (Wildman–Crippen MR) is 90.5 cm³/mol. The first-order valence-electron chi connectivity index (χ1n) is 7.64. The number of aromatic nitrogens is 1. The van der Waals surface area contributed by atoms with Crippen molar-refractivity contribution < 1.29 is 9.59 Å². The number of aryl methyl sites for hydroxylation is 1. The maximum atomic E-state index is 12.1. The van der Waals surface area contributed by atoms with Crippen molar-refractivity contribution in [1.82, 2.24) is 4.57 Å². The molecule has 2 aromatic carbocycles. The van der Waals surface area contributed by atoms with E-state index in [9.17, 15) is 9.59 Å². The highest BCUT2D eigenvalue weighted by Crippen LogP contribution is 2.40. The van der Waals surface area contributed by atoms with Gasteiger partial charge < -0.3 is 14.7 Å². The molecule has 1 aromatic heterocycles. The van der Waals surface area contributed by atoms with Crippen LogP contribution in [0.1, 0.15) is 11.1 Å². The second-order valence-electron chi connectivity index (χ2n) is 5.84. The van der Waals surface area contributed by atoms with Crippen LogP contribution in [-0.4, -0.2) is 16.8 Å². The van der Waals surface area contributed by atoms with E-state index < -0.39 is 0 Å². The molecule has 23 heavy (non-hydrogen) atoms. The molecule has 0 radical (unpaired) electrons. The molecule has 0 atom stereocenters. The molecule has 1 N–H and O–H groups in total. The van der Waals surface area contributed by atoms with Crippen LogP contribution in [0.5, 0.6) is 0 Å². The lowest BCUT2D eigenvalue weighted by Gasteiger charge is -2.15. The largest absolute Gasteiger partial charge is 0.333 e. The van der Waals surface area contributed by atoms with Crippen molar-refractivity contribution in [3.63, 3.8) is 0 Å². The zero-order valence-electron chi connectivity index (χ0n) is 12.8. The summed E-state index contributed by atoms with van der Waals surface area (Å²) in [6.45, 7) is 2.33. The van der Waals surface area contributed by atoms with E-state index in [-0.39, 0.29) is 12.5 Å². The summed E-state index contributed by atoms with van der Waals surface area (Å²) in [4.78, 5) is 23.4. The summed E-state index contributed by atoms with van der Waals surface area (Å²) in [5, 5.41) is 3.98. The number of hydrogen-bond donors (Lipinski definition) is 1. The third-order valence-electron chi connectivity index (χ3n) is 4.46. The number of hydrogen-bond acceptors (Lipinski definition) is 2. The van der Waals surface area contributed by atoms with E-state index in [0.29, 0.717) is 6.42 Å². The minimum atomic E-state index is -0.0105. The maximum Gasteiger partial charge on any atom is 0.228 e. The Morgan fingerprint density at radius 1 is 1.17 bits per heavy atom. The number of aldehydes is 1. The molecule has 4 heteroatoms. The summed E-state index contributed by atoms with van der Waals surface area (Å²) in [5.74, 6) is -0.0105. The second-order valence-corrected chi connectivity index (χ2v) is 5.84. The molecule has 0 spiro atoms. The van der Waals surface area contributed by atoms with Crippen LogP contribution < -0.4 is 5.32 Å². The molecule has 0 saturated carbocycles. The summed E-state index contributed by atoms with van der Waals surface area (Å²) in [6, 6.07) is 13.9. The molecule has 114 valence electrons. The smallest absolute Gasteiger partial charge is 0.228 e. The molecule has 0 fully saturated rings. The van der Waals surface area contributed by atoms with Gasteiger partial charge in [-0.25, -0.2) is 0 Å². The average molecular weight is 304 g/mol. The Labute approximate surface area is 133 Å². The van der Waals surface area contributed by atoms with Gasteiger partial charge in [0.25, 0.3) is 0 Å². The number of nitrogens with zero attached hydrogens (tertiary/aromatic N) is 1. The fourth-order valence-corrected chi connectivity index (χ4v) is 3.53. The Morgan fingerprint density at radius 2 is 2.00 bits per heavy atom. The van der Waals surface area contributed by atoms with Crippen LogP contribution in [0.3, 0.4) is 0 Å². The normalized spacial score (nSPS) is 13.2. The topological polar surface area (TPSA) is 51.1 Å². The van der Waals surface area contributed by atoms with Gasteiger partial charge in [0.1, 0.15) is 6.29 Å². The second kappa shape index (κ2) is 5.09. The highest BCUT2D eigenvalue weighted by atomic mass is 16.1. The van der Waals surface area contributed by atoms with Crippen LogP contribution in [0, 0.1) is 6.92 Å². The Bertz CT molecular complexity index is 953. The van der Waals surface area contributed by atoms with Crippen molar-refractivity contribution in [3.8, 4) is 11.3 Å². The zero-order valence-corrected chi connectivity index (χ0v) is 12.8. The number of amides is 1. The summed E-state index contributed by atoms with van der Waals surface area (Å²) in [5.41, 5.74) is 6.01. The van der Waals surface area contributed by atoms with Crippen LogP contribution in [-0.2, 0) is 22.6 Å². The van der Waals surface area contributed by atoms with Crippen LogP contribution in [0.4, 0.5) is 5.69 Å². The number of carbonyl (C=O) groups excluding carboxylic acids is 2. The van der Waals surface area contributed by atoms with E-state index in [1.165, 1.54) is 0 Å². The van der Waals surface area contributed by atoms with E-state index in [2.05, 4.69) is 18.3 Å². The first-order valence-corrected chi connectivity index (χ1v) is 7.64. The van der Waals surface area contributed by atoms with Gasteiger partial charge in [0.05, 0.1) is 29.9 Å². The first kappa shape index (κ1) is 13.8. The number of anilines is 1. The molecule has 1 aliphatic rings. The fourth-order valence-electron chi connectivity index (χ4n) is 3.53. The fraction of sp³-hybridized carbons (Fsp3) is 0.158. The number of benzene rings is 2. The lowest BCUT2D eigenvalue weighted by Crippen LogP contribution is -2.18. The molecule has 4 nitrogen and oxygen atoms in total. The lowest BCUT2D eigenvalue weighted by molar-refractivity contribution is -0.115. The molecular weight excluding hydrogens is 288 g/mol. The van der Waals surface area contributed by atoms with Gasteiger partial charge in [-0.15, -0.1) is 0 Å². The van der Waals surface area contributed by atoms with Crippen LogP contribution >= 0.6 is 0 Å². The van der Waals surface area contributed by atoms with Crippen molar-refractivity contribution in [2.24, 2.45) is 0 Å². The Balaban J connectivity index is 2.15. The SMILES string of the molecule is Cc1ccccc1-c1c2c3c(cccc3n1CC=O)NC(=O)C2. The average Bonchev–Trinajstić information content (AvgIpc) is 2.84. The van der Waals surface area contributed by atoms with Crippen LogP contribution in [0.15, 0.2) is 42.5 Å². The summed E-state index contributed by atoms with van der Waals surface area (Å²) < 4.78 is 2.02. The molecule has 0 aliphatic carbocycles. The predicted octanol–water partition coefficient (Wildman–Crippen LogP) is 3.31. The van der Waals surface area contributed by atoms with E-state index >= 15 is 0 Å². The van der Waals surface area contributed by atoms with Gasteiger partial charge >= 0.3 is 0 Å². The van der Waals surface area contributed by atoms with E-state index in [4.69, 9.17) is 0 Å². The number of nitrogens with one attached hydrogen (secondary N) is 1. The maximum absolute atomic E-state index is 12.1. The van der Waals surface area contributed by atoms with Gasteiger partial charge in [0, 0.05) is 10.9 Å². The van der Waals surface area contributed by atoms with E-state index in [1.807, 2.05) is 41.0 Å². The van der Waals surface area contributed by atoms with Gasteiger partial charge in [-0.3, -0.25) is 4.79 Å². The summed E-state index contributed by atoms with van der Waals surface area (Å²) in [6.07, 6.45) is 1.24. The third-order valence-corrected chi connectivity index (χ3v) is 4.46. The third kappa shape index (κ3) is 1.99. The highest BCUT2D eigenvalue weighted by Gasteiger charge is 2.26. The molecule has 2 heterocycles. The quantitative estimate of drug-likeness (QED) is 0.755. The van der Waals surface area contributed by atoms with Crippen molar-refractivity contribution in [2.45, 2.75) is 19.9 Å². The Kier molecular flexibility index (Phi) is 3.05. The van der Waals surface area contributed by atoms with E-state index in [1.54, 1.807) is 0 Å². The Morgan fingerprint density at radius 3 is 2.78 bits per heavy atom. The van der Waals surface area contributed by atoms with Gasteiger partial charge in [-0.05, 0) is 30.2 Å². The van der Waals surface area contributed by atoms with Crippen LogP contribution in [0.25, 0.3) is 22.2 Å². The van der Waals surface area contributed by atoms with Crippen molar-refractivity contribution in [2.75, 3.05) is 5.32 Å². The molecular formula is C19H16N2O2. The monoisotopic (exact) mass is 304 g/mol. The lowest BCUT2D eigenvalue weighted by atomic mass is 9.96. The van der Waals surface area contributed by atoms with Crippen molar-refractivity contribution in [3.05, 3.63) is 53.6 Å². The van der Waals surface area contributed by atoms with Crippen molar-refractivity contribution >= 4 is 28.8 Å². The molecule has 0 saturated heterocycles. The molecule has 1 amide bonds. The zero-order chi connectivity index (χ0) is 16.0. The van der Waals surface area contributed by atoms with Gasteiger partial charge in [-0.1, -0.05) is 30.3 Å². The number of rotatable bonds is 3. The number of carbonyl (C=O) groups is 2. The molecule has 3 aromatic rings. The first-order chi connectivity index (χ1) is 11.2. The molecule has 4 rings (SSSR count). The standard InChI is InChI=1S/C19H16N2O2/c1-12-5-2-3-6-13(12)19-14-11-17(23)20-15-7-4-8-16(18(14)15)21(19)9-10-22/h2-8,10H,9,11H2,1H3,(H,20,23). The van der Waals surface area contributed by atoms with Crippen LogP contribution in [0.2, 0.25) is 0 Å². The molecule has 1 aliphatic heterocycles. The highest BCUT2D eigenvalue weighted by molar-refractivity contribution is 6.12. The van der Waals surface area contributed by atoms with E-state index in [0.717, 1.165) is 45.3 Å². The van der Waals surface area contributed by atoms with Gasteiger partial charge in [0.2, 0.25) is 5.91 Å². The minimum Gasteiger partial charge on any atom is -0.333 e. The van der Waals surface area contributed by atoms with Crippen molar-refractivity contribution in [1.29, 1.82) is 0 Å². The molecule has 0 unspecified atom stereocenters. The Hall–Kier alpha value is -2.88. The van der Waals surface area contributed by atoms with Gasteiger partial charge in [-0.2, -0.15) is 0 Å².